The minimum Gasteiger partial charge on any atom is -0.342 e. The van der Waals surface area contributed by atoms with Gasteiger partial charge in [0.05, 0.1) is 5.69 Å². The third-order valence-electron chi connectivity index (χ3n) is 15.6. The number of carbonyl (C=O) groups excluding carboxylic acids is 5. The zero-order valence-corrected chi connectivity index (χ0v) is 36.9. The first-order chi connectivity index (χ1) is 27.7. The molecule has 6 atom stereocenters. The van der Waals surface area contributed by atoms with Crippen LogP contribution in [-0.4, -0.2) is 100 Å². The Morgan fingerprint density at radius 2 is 1.63 bits per heavy atom. The molecule has 2 spiro atoms. The molecular formula is C43H66N8O7S. The molecule has 1 aromatic heterocycles. The van der Waals surface area contributed by atoms with E-state index in [2.05, 4.69) is 46.2 Å². The summed E-state index contributed by atoms with van der Waals surface area (Å²) in [5.74, 6) is -3.22. The molecule has 7 rings (SSSR count). The highest BCUT2D eigenvalue weighted by Gasteiger charge is 2.85. The van der Waals surface area contributed by atoms with Crippen LogP contribution < -0.4 is 20.7 Å². The number of aryl methyl sites for hydroxylation is 2. The molecule has 1 aromatic rings. The van der Waals surface area contributed by atoms with Crippen LogP contribution in [-0.2, 0) is 35.9 Å². The number of likely N-dealkylation sites (tertiary alicyclic amines) is 1. The van der Waals surface area contributed by atoms with Crippen molar-refractivity contribution < 1.29 is 32.4 Å². The van der Waals surface area contributed by atoms with Gasteiger partial charge in [-0.3, -0.25) is 28.7 Å². The van der Waals surface area contributed by atoms with E-state index in [0.717, 1.165) is 51.4 Å². The summed E-state index contributed by atoms with van der Waals surface area (Å²) in [6, 6.07) is -1.22. The van der Waals surface area contributed by atoms with Gasteiger partial charge in [0, 0.05) is 37.5 Å². The molecule has 3 heterocycles. The molecule has 59 heavy (non-hydrogen) atoms. The highest BCUT2D eigenvalue weighted by molar-refractivity contribution is 7.87. The molecule has 6 fully saturated rings. The summed E-state index contributed by atoms with van der Waals surface area (Å²) in [4.78, 5) is 73.8. The van der Waals surface area contributed by atoms with Crippen molar-refractivity contribution in [2.75, 3.05) is 19.6 Å². The average Bonchev–Trinajstić information content (AvgIpc) is 3.56. The first-order valence-corrected chi connectivity index (χ1v) is 23.4. The quantitative estimate of drug-likeness (QED) is 0.216. The Morgan fingerprint density at radius 3 is 2.17 bits per heavy atom. The fraction of sp³-hybridized carbons (Fsp3) is 0.767. The number of amides is 5. The van der Waals surface area contributed by atoms with Crippen molar-refractivity contribution in [3.63, 3.8) is 0 Å². The van der Waals surface area contributed by atoms with Crippen LogP contribution in [0, 0.1) is 40.4 Å². The predicted octanol–water partition coefficient (Wildman–Crippen LogP) is 3.74. The van der Waals surface area contributed by atoms with E-state index in [-0.39, 0.29) is 28.6 Å². The van der Waals surface area contributed by atoms with E-state index < -0.39 is 74.7 Å². The van der Waals surface area contributed by atoms with Gasteiger partial charge in [0.25, 0.3) is 11.8 Å². The van der Waals surface area contributed by atoms with Gasteiger partial charge in [0.2, 0.25) is 17.7 Å². The van der Waals surface area contributed by atoms with E-state index in [0.29, 0.717) is 56.8 Å². The lowest BCUT2D eigenvalue weighted by Gasteiger charge is -2.38. The summed E-state index contributed by atoms with van der Waals surface area (Å²) in [5, 5.41) is 13.5. The maximum Gasteiger partial charge on any atom is 0.303 e. The minimum atomic E-state index is -4.12. The number of hydrogen-bond acceptors (Lipinski definition) is 8. The Balaban J connectivity index is 1.16. The van der Waals surface area contributed by atoms with Crippen LogP contribution in [0.2, 0.25) is 0 Å². The van der Waals surface area contributed by atoms with E-state index in [9.17, 15) is 27.6 Å². The van der Waals surface area contributed by atoms with Gasteiger partial charge in [-0.25, -0.2) is 4.72 Å². The molecule has 0 aromatic carbocycles. The van der Waals surface area contributed by atoms with Gasteiger partial charge >= 0.3 is 10.2 Å². The molecule has 6 aliphatic rings. The standard InChI is InChI=1S/C43H66N8O7S/c1-9-29-24-43(29,38(56)48-59(57,58)49-21-14-15-22-49)46-35(53)31-25-42(40(7,8)41(42)19-16-20-41)26-50(31)37(55)33(39(4,5)6)45-36(54)32(28-17-12-11-13-18-28)44-34(52)30-23-27(3)47-51(30)10-2/h9,23,28-29,31-33H,1,10-22,24-26H2,2-8H3,(H,44,52)(H,45,54)(H,46,53)(H,48,56)/t29-,31+,32?,33-,42-,43-/m1/s1. The van der Waals surface area contributed by atoms with E-state index in [4.69, 9.17) is 0 Å². The summed E-state index contributed by atoms with van der Waals surface area (Å²) in [5.41, 5.74) is -1.81. The van der Waals surface area contributed by atoms with Crippen LogP contribution in [0.5, 0.6) is 0 Å². The summed E-state index contributed by atoms with van der Waals surface area (Å²) in [6.45, 7) is 19.1. The van der Waals surface area contributed by atoms with E-state index >= 15 is 4.79 Å². The zero-order chi connectivity index (χ0) is 42.9. The van der Waals surface area contributed by atoms with Crippen molar-refractivity contribution >= 4 is 39.7 Å². The van der Waals surface area contributed by atoms with Crippen LogP contribution >= 0.6 is 0 Å². The molecule has 2 saturated heterocycles. The lowest BCUT2D eigenvalue weighted by atomic mass is 9.73. The second-order valence-corrected chi connectivity index (χ2v) is 21.7. The van der Waals surface area contributed by atoms with Crippen molar-refractivity contribution in [2.45, 2.75) is 156 Å². The SMILES string of the molecule is C=C[C@@H]1C[C@]1(NC(=O)[C@@H]1C[C@@]2(CN1C(=O)[C@@H](NC(=O)C(NC(=O)c1cc(C)nn1CC)C1CCCCC1)C(C)(C)C)C(C)(C)C21CCC1)C(=O)NS(=O)(=O)N1CCCC1. The first-order valence-electron chi connectivity index (χ1n) is 21.9. The Labute approximate surface area is 349 Å². The Morgan fingerprint density at radius 1 is 0.966 bits per heavy atom. The third-order valence-corrected chi connectivity index (χ3v) is 17.1. The largest absolute Gasteiger partial charge is 0.342 e. The smallest absolute Gasteiger partial charge is 0.303 e. The monoisotopic (exact) mass is 838 g/mol. The number of nitrogens with one attached hydrogen (secondary N) is 4. The van der Waals surface area contributed by atoms with Gasteiger partial charge in [0.1, 0.15) is 29.4 Å². The number of nitrogens with zero attached hydrogens (tertiary/aromatic N) is 4. The predicted molar refractivity (Wildman–Crippen MR) is 222 cm³/mol. The number of carbonyl (C=O) groups is 5. The first kappa shape index (κ1) is 43.3. The van der Waals surface area contributed by atoms with E-state index in [1.165, 1.54) is 4.31 Å². The lowest BCUT2D eigenvalue weighted by Crippen LogP contribution is -2.62. The second-order valence-electron chi connectivity index (χ2n) is 20.0. The zero-order valence-electron chi connectivity index (χ0n) is 36.1. The molecule has 1 unspecified atom stereocenters. The molecule has 4 N–H and O–H groups in total. The van der Waals surface area contributed by atoms with Gasteiger partial charge in [-0.05, 0) is 93.4 Å². The van der Waals surface area contributed by atoms with Gasteiger partial charge in [-0.15, -0.1) is 6.58 Å². The van der Waals surface area contributed by atoms with E-state index in [1.807, 2.05) is 34.6 Å². The molecule has 2 aliphatic heterocycles. The maximum absolute atomic E-state index is 15.2. The van der Waals surface area contributed by atoms with Crippen LogP contribution in [0.3, 0.4) is 0 Å². The summed E-state index contributed by atoms with van der Waals surface area (Å²) in [6.07, 6.45) is 11.0. The van der Waals surface area contributed by atoms with Gasteiger partial charge in [-0.2, -0.15) is 17.8 Å². The van der Waals surface area contributed by atoms with Crippen LogP contribution in [0.1, 0.15) is 135 Å². The highest BCUT2D eigenvalue weighted by atomic mass is 32.2. The molecule has 0 radical (unpaired) electrons. The molecule has 0 bridgehead atoms. The van der Waals surface area contributed by atoms with Crippen molar-refractivity contribution in [1.29, 1.82) is 0 Å². The topological polar surface area (TPSA) is 192 Å². The number of hydrogen-bond donors (Lipinski definition) is 4. The average molecular weight is 839 g/mol. The van der Waals surface area contributed by atoms with Crippen molar-refractivity contribution in [3.05, 3.63) is 30.1 Å². The molecule has 4 aliphatic carbocycles. The molecule has 15 nitrogen and oxygen atoms in total. The second kappa shape index (κ2) is 15.3. The minimum absolute atomic E-state index is 0.0319. The molecular weight excluding hydrogens is 773 g/mol. The van der Waals surface area contributed by atoms with Crippen LogP contribution in [0.25, 0.3) is 0 Å². The highest BCUT2D eigenvalue weighted by Crippen LogP contribution is 2.88. The normalized spacial score (nSPS) is 29.6. The third kappa shape index (κ3) is 7.21. The summed E-state index contributed by atoms with van der Waals surface area (Å²) in [7, 11) is -4.12. The van der Waals surface area contributed by atoms with Crippen molar-refractivity contribution in [1.82, 2.24) is 39.7 Å². The number of rotatable bonds is 13. The van der Waals surface area contributed by atoms with Crippen LogP contribution in [0.15, 0.2) is 18.7 Å². The van der Waals surface area contributed by atoms with Crippen molar-refractivity contribution in [3.8, 4) is 0 Å². The summed E-state index contributed by atoms with van der Waals surface area (Å²) >= 11 is 0. The number of fused-ring (bicyclic) bond motifs is 1. The summed E-state index contributed by atoms with van der Waals surface area (Å²) < 4.78 is 31.4. The van der Waals surface area contributed by atoms with Gasteiger partial charge < -0.3 is 20.9 Å². The fourth-order valence-electron chi connectivity index (χ4n) is 11.7. The number of aromatic nitrogens is 2. The van der Waals surface area contributed by atoms with Gasteiger partial charge in [-0.1, -0.05) is 66.4 Å². The Bertz CT molecular complexity index is 1990. The van der Waals surface area contributed by atoms with Gasteiger partial charge in [0.15, 0.2) is 0 Å². The fourth-order valence-corrected chi connectivity index (χ4v) is 13.0. The lowest BCUT2D eigenvalue weighted by molar-refractivity contribution is -0.145. The molecule has 5 amide bonds. The maximum atomic E-state index is 15.2. The van der Waals surface area contributed by atoms with Crippen LogP contribution in [0.4, 0.5) is 0 Å². The molecule has 16 heteroatoms. The van der Waals surface area contributed by atoms with Crippen molar-refractivity contribution in [2.24, 2.45) is 33.5 Å². The molecule has 326 valence electrons. The van der Waals surface area contributed by atoms with E-state index in [1.54, 1.807) is 21.7 Å². The Kier molecular flexibility index (Phi) is 11.2. The molecule has 4 saturated carbocycles. The Hall–Kier alpha value is -3.79.